The maximum absolute atomic E-state index is 12.8. The fraction of sp³-hybridized carbons (Fsp3) is 0.471. The summed E-state index contributed by atoms with van der Waals surface area (Å²) in [4.78, 5) is 12.6. The third-order valence-electron chi connectivity index (χ3n) is 5.09. The maximum atomic E-state index is 12.8. The lowest BCUT2D eigenvalue weighted by Crippen LogP contribution is -2.41. The van der Waals surface area contributed by atoms with Gasteiger partial charge in [-0.25, -0.2) is 15.0 Å². The molecule has 2 aliphatic heterocycles. The second kappa shape index (κ2) is 6.90. The first kappa shape index (κ1) is 17.3. The molecule has 2 fully saturated rings. The van der Waals surface area contributed by atoms with E-state index in [4.69, 9.17) is 5.73 Å². The Kier molecular flexibility index (Phi) is 4.60. The molecule has 2 aromatic heterocycles. The van der Waals surface area contributed by atoms with Gasteiger partial charge in [0.05, 0.1) is 5.69 Å². The number of rotatable bonds is 4. The van der Waals surface area contributed by atoms with Crippen LogP contribution in [0.25, 0.3) is 11.1 Å². The van der Waals surface area contributed by atoms with Crippen LogP contribution in [0.15, 0.2) is 30.9 Å². The van der Waals surface area contributed by atoms with Crippen LogP contribution in [0.4, 0.5) is 5.82 Å². The predicted octanol–water partition coefficient (Wildman–Crippen LogP) is 1.25. The third kappa shape index (κ3) is 3.17. The first-order chi connectivity index (χ1) is 12.6. The van der Waals surface area contributed by atoms with E-state index < -0.39 is 10.2 Å². The molecular weight excluding hydrogens is 352 g/mol. The topological polar surface area (TPSA) is 105 Å². The number of pyridine rings is 1. The van der Waals surface area contributed by atoms with Crippen LogP contribution in [0.5, 0.6) is 0 Å². The number of hydrogen-bond acceptors (Lipinski definition) is 6. The van der Waals surface area contributed by atoms with E-state index in [1.165, 1.54) is 6.33 Å². The van der Waals surface area contributed by atoms with Crippen molar-refractivity contribution in [3.8, 4) is 11.1 Å². The minimum Gasteiger partial charge on any atom is -0.384 e. The van der Waals surface area contributed by atoms with Crippen molar-refractivity contribution in [3.63, 3.8) is 0 Å². The summed E-state index contributed by atoms with van der Waals surface area (Å²) >= 11 is 0. The lowest BCUT2D eigenvalue weighted by Gasteiger charge is -2.23. The lowest BCUT2D eigenvalue weighted by molar-refractivity contribution is 0.395. The van der Waals surface area contributed by atoms with E-state index in [-0.39, 0.29) is 5.92 Å². The van der Waals surface area contributed by atoms with E-state index in [2.05, 4.69) is 15.0 Å². The highest BCUT2D eigenvalue weighted by atomic mass is 32.2. The highest BCUT2D eigenvalue weighted by molar-refractivity contribution is 7.86. The van der Waals surface area contributed by atoms with Gasteiger partial charge in [-0.3, -0.25) is 0 Å². The van der Waals surface area contributed by atoms with Crippen molar-refractivity contribution in [2.75, 3.05) is 31.9 Å². The molecule has 8 nitrogen and oxygen atoms in total. The highest BCUT2D eigenvalue weighted by Gasteiger charge is 2.38. The SMILES string of the molecule is Nc1cc(-c2cncnc2[C@@H]2CCN(S(=O)(=O)N3CCCC3)C2)ccn1. The summed E-state index contributed by atoms with van der Waals surface area (Å²) in [5.74, 6) is 0.474. The fourth-order valence-corrected chi connectivity index (χ4v) is 5.50. The molecule has 1 atom stereocenters. The second-order valence-corrected chi connectivity index (χ2v) is 8.68. The van der Waals surface area contributed by atoms with E-state index in [0.29, 0.717) is 32.0 Å². The average Bonchev–Trinajstić information content (AvgIpc) is 3.34. The summed E-state index contributed by atoms with van der Waals surface area (Å²) in [5, 5.41) is 0. The molecule has 0 radical (unpaired) electrons. The van der Waals surface area contributed by atoms with Gasteiger partial charge in [0.1, 0.15) is 12.1 Å². The Morgan fingerprint density at radius 2 is 1.92 bits per heavy atom. The van der Waals surface area contributed by atoms with Crippen LogP contribution in [0, 0.1) is 0 Å². The molecule has 0 saturated carbocycles. The monoisotopic (exact) mass is 374 g/mol. The van der Waals surface area contributed by atoms with Crippen LogP contribution in [0.2, 0.25) is 0 Å². The molecule has 138 valence electrons. The molecule has 0 aliphatic carbocycles. The maximum Gasteiger partial charge on any atom is 0.281 e. The van der Waals surface area contributed by atoms with E-state index in [0.717, 1.165) is 36.1 Å². The molecule has 2 N–H and O–H groups in total. The summed E-state index contributed by atoms with van der Waals surface area (Å²) < 4.78 is 28.8. The summed E-state index contributed by atoms with van der Waals surface area (Å²) in [6.45, 7) is 2.21. The Bertz CT molecular complexity index is 898. The van der Waals surface area contributed by atoms with Crippen LogP contribution in [0.1, 0.15) is 30.9 Å². The largest absolute Gasteiger partial charge is 0.384 e. The van der Waals surface area contributed by atoms with E-state index >= 15 is 0 Å². The summed E-state index contributed by atoms with van der Waals surface area (Å²) in [6.07, 6.45) is 7.56. The number of nitrogens with zero attached hydrogens (tertiary/aromatic N) is 5. The van der Waals surface area contributed by atoms with Gasteiger partial charge in [-0.2, -0.15) is 17.0 Å². The van der Waals surface area contributed by atoms with Crippen molar-refractivity contribution in [2.45, 2.75) is 25.2 Å². The van der Waals surface area contributed by atoms with Gasteiger partial charge >= 0.3 is 0 Å². The van der Waals surface area contributed by atoms with Crippen molar-refractivity contribution in [1.82, 2.24) is 23.6 Å². The highest BCUT2D eigenvalue weighted by Crippen LogP contribution is 2.34. The van der Waals surface area contributed by atoms with Gasteiger partial charge in [0.15, 0.2) is 0 Å². The fourth-order valence-electron chi connectivity index (χ4n) is 3.75. The quantitative estimate of drug-likeness (QED) is 0.863. The number of nitrogen functional groups attached to an aromatic ring is 1. The zero-order chi connectivity index (χ0) is 18.1. The van der Waals surface area contributed by atoms with Gasteiger partial charge in [0, 0.05) is 50.1 Å². The molecule has 0 amide bonds. The van der Waals surface area contributed by atoms with Crippen molar-refractivity contribution >= 4 is 16.0 Å². The zero-order valence-corrected chi connectivity index (χ0v) is 15.3. The van der Waals surface area contributed by atoms with Crippen molar-refractivity contribution < 1.29 is 8.42 Å². The van der Waals surface area contributed by atoms with Gasteiger partial charge in [-0.15, -0.1) is 0 Å². The van der Waals surface area contributed by atoms with Gasteiger partial charge in [0.25, 0.3) is 10.2 Å². The average molecular weight is 374 g/mol. The molecule has 0 bridgehead atoms. The van der Waals surface area contributed by atoms with E-state index in [1.54, 1.807) is 27.1 Å². The Hall–Kier alpha value is -2.10. The second-order valence-electron chi connectivity index (χ2n) is 6.75. The summed E-state index contributed by atoms with van der Waals surface area (Å²) in [6, 6.07) is 3.65. The number of hydrogen-bond donors (Lipinski definition) is 1. The predicted molar refractivity (Wildman–Crippen MR) is 98.3 cm³/mol. The first-order valence-corrected chi connectivity index (χ1v) is 10.2. The minimum atomic E-state index is -3.37. The normalized spacial score (nSPS) is 22.1. The van der Waals surface area contributed by atoms with Crippen molar-refractivity contribution in [1.29, 1.82) is 0 Å². The van der Waals surface area contributed by atoms with Gasteiger partial charge in [-0.05, 0) is 37.0 Å². The molecule has 2 aromatic rings. The Balaban J connectivity index is 1.60. The van der Waals surface area contributed by atoms with Crippen molar-refractivity contribution in [2.24, 2.45) is 0 Å². The summed E-state index contributed by atoms with van der Waals surface area (Å²) in [5.41, 5.74) is 8.45. The lowest BCUT2D eigenvalue weighted by atomic mass is 9.96. The van der Waals surface area contributed by atoms with Crippen LogP contribution in [-0.2, 0) is 10.2 Å². The molecule has 0 unspecified atom stereocenters. The minimum absolute atomic E-state index is 0.0415. The smallest absolute Gasteiger partial charge is 0.281 e. The van der Waals surface area contributed by atoms with Crippen LogP contribution >= 0.6 is 0 Å². The van der Waals surface area contributed by atoms with E-state index in [1.807, 2.05) is 6.07 Å². The van der Waals surface area contributed by atoms with Crippen LogP contribution in [0.3, 0.4) is 0 Å². The first-order valence-electron chi connectivity index (χ1n) is 8.83. The van der Waals surface area contributed by atoms with Crippen LogP contribution in [-0.4, -0.2) is 58.2 Å². The Morgan fingerprint density at radius 1 is 1.12 bits per heavy atom. The molecule has 0 spiro atoms. The van der Waals surface area contributed by atoms with Gasteiger partial charge in [0.2, 0.25) is 0 Å². The Morgan fingerprint density at radius 3 is 2.69 bits per heavy atom. The molecule has 2 saturated heterocycles. The molecule has 26 heavy (non-hydrogen) atoms. The molecule has 9 heteroatoms. The van der Waals surface area contributed by atoms with Crippen molar-refractivity contribution in [3.05, 3.63) is 36.5 Å². The van der Waals surface area contributed by atoms with Gasteiger partial charge < -0.3 is 5.73 Å². The standard InChI is InChI=1S/C17H22N6O2S/c18-16-9-13(3-5-20-16)15-10-19-12-21-17(15)14-4-8-23(11-14)26(24,25)22-6-1-2-7-22/h3,5,9-10,12,14H,1-2,4,6-8,11H2,(H2,18,20)/t14-/m1/s1. The third-order valence-corrected chi connectivity index (χ3v) is 7.09. The van der Waals surface area contributed by atoms with E-state index in [9.17, 15) is 8.42 Å². The molecule has 4 rings (SSSR count). The molecular formula is C17H22N6O2S. The summed E-state index contributed by atoms with van der Waals surface area (Å²) in [7, 11) is -3.37. The zero-order valence-electron chi connectivity index (χ0n) is 14.5. The van der Waals surface area contributed by atoms with Gasteiger partial charge in [-0.1, -0.05) is 0 Å². The number of anilines is 1. The number of nitrogens with two attached hydrogens (primary N) is 1. The Labute approximate surface area is 153 Å². The number of aromatic nitrogens is 3. The van der Waals surface area contributed by atoms with Crippen LogP contribution < -0.4 is 5.73 Å². The molecule has 4 heterocycles. The molecule has 2 aliphatic rings. The molecule has 0 aromatic carbocycles.